The molecular formula is C23H34. The first-order valence-corrected chi connectivity index (χ1v) is 9.23. The van der Waals surface area contributed by atoms with Gasteiger partial charge in [-0.15, -0.1) is 0 Å². The molecule has 0 aromatic heterocycles. The van der Waals surface area contributed by atoms with Crippen molar-refractivity contribution in [2.45, 2.75) is 79.6 Å². The zero-order valence-electron chi connectivity index (χ0n) is 16.2. The maximum Gasteiger partial charge on any atom is -0.0129 e. The molecule has 2 rings (SSSR count). The van der Waals surface area contributed by atoms with Crippen molar-refractivity contribution < 1.29 is 0 Å². The lowest BCUT2D eigenvalue weighted by atomic mass is 9.77. The van der Waals surface area contributed by atoms with Gasteiger partial charge in [-0.3, -0.25) is 0 Å². The summed E-state index contributed by atoms with van der Waals surface area (Å²) in [6.07, 6.45) is 4.98. The van der Waals surface area contributed by atoms with E-state index < -0.39 is 0 Å². The van der Waals surface area contributed by atoms with E-state index in [1.807, 2.05) is 0 Å². The monoisotopic (exact) mass is 310 g/mol. The van der Waals surface area contributed by atoms with Crippen molar-refractivity contribution in [1.29, 1.82) is 0 Å². The summed E-state index contributed by atoms with van der Waals surface area (Å²) in [5.74, 6) is 0. The topological polar surface area (TPSA) is 0 Å². The largest absolute Gasteiger partial charge is 0.0649 e. The van der Waals surface area contributed by atoms with E-state index in [1.165, 1.54) is 53.1 Å². The van der Waals surface area contributed by atoms with Gasteiger partial charge in [-0.2, -0.15) is 0 Å². The molecule has 2 aromatic rings. The molecule has 0 nitrogen and oxygen atoms in total. The van der Waals surface area contributed by atoms with Crippen molar-refractivity contribution in [3.8, 4) is 0 Å². The molecule has 0 spiro atoms. The maximum absolute atomic E-state index is 2.49. The first kappa shape index (κ1) is 18.0. The summed E-state index contributed by atoms with van der Waals surface area (Å²) in [7, 11) is 0. The molecule has 0 heterocycles. The lowest BCUT2D eigenvalue weighted by Crippen LogP contribution is -2.16. The van der Waals surface area contributed by atoms with Crippen LogP contribution < -0.4 is 0 Å². The van der Waals surface area contributed by atoms with Crippen LogP contribution in [0.4, 0.5) is 0 Å². The SMILES string of the molecule is CCC(C)(CC)CCc1cc(C(C)(C)C)c(C)c2ccccc12. The Balaban J connectivity index is 2.52. The van der Waals surface area contributed by atoms with Crippen LogP contribution in [0.3, 0.4) is 0 Å². The Hall–Kier alpha value is -1.30. The molecule has 0 saturated carbocycles. The third kappa shape index (κ3) is 3.79. The highest BCUT2D eigenvalue weighted by atomic mass is 14.3. The van der Waals surface area contributed by atoms with Gasteiger partial charge < -0.3 is 0 Å². The number of fused-ring (bicyclic) bond motifs is 1. The first-order valence-electron chi connectivity index (χ1n) is 9.23. The van der Waals surface area contributed by atoms with Crippen LogP contribution in [0.2, 0.25) is 0 Å². The van der Waals surface area contributed by atoms with E-state index in [2.05, 4.69) is 78.8 Å². The molecule has 0 aliphatic rings. The number of benzene rings is 2. The Bertz CT molecular complexity index is 666. The van der Waals surface area contributed by atoms with Gasteiger partial charge in [0, 0.05) is 0 Å². The quantitative estimate of drug-likeness (QED) is 0.547. The van der Waals surface area contributed by atoms with Gasteiger partial charge in [0.1, 0.15) is 0 Å². The zero-order valence-corrected chi connectivity index (χ0v) is 16.2. The zero-order chi connectivity index (χ0) is 17.3. The van der Waals surface area contributed by atoms with E-state index in [0.717, 1.165) is 0 Å². The third-order valence-electron chi connectivity index (χ3n) is 5.91. The van der Waals surface area contributed by atoms with E-state index in [9.17, 15) is 0 Å². The van der Waals surface area contributed by atoms with Gasteiger partial charge in [0.2, 0.25) is 0 Å². The standard InChI is InChI=1S/C23H34/c1-8-23(7,9-2)15-14-18-16-21(22(4,5)6)17(3)19-12-10-11-13-20(18)19/h10-13,16H,8-9,14-15H2,1-7H3. The minimum atomic E-state index is 0.196. The Labute approximate surface area is 143 Å². The summed E-state index contributed by atoms with van der Waals surface area (Å²) in [6.45, 7) is 16.4. The van der Waals surface area contributed by atoms with Crippen LogP contribution in [-0.2, 0) is 11.8 Å². The predicted molar refractivity (Wildman–Crippen MR) is 104 cm³/mol. The second kappa shape index (κ2) is 6.67. The van der Waals surface area contributed by atoms with Gasteiger partial charge in [0.25, 0.3) is 0 Å². The van der Waals surface area contributed by atoms with E-state index in [-0.39, 0.29) is 5.41 Å². The summed E-state index contributed by atoms with van der Waals surface area (Å²) < 4.78 is 0. The second-order valence-corrected chi connectivity index (χ2v) is 8.52. The molecule has 126 valence electrons. The molecule has 0 heteroatoms. The Morgan fingerprint density at radius 1 is 0.870 bits per heavy atom. The van der Waals surface area contributed by atoms with Crippen molar-refractivity contribution in [3.05, 3.63) is 47.0 Å². The molecule has 0 radical (unpaired) electrons. The molecule has 0 fully saturated rings. The maximum atomic E-state index is 2.49. The summed E-state index contributed by atoms with van der Waals surface area (Å²) in [5.41, 5.74) is 5.14. The van der Waals surface area contributed by atoms with Gasteiger partial charge in [0.15, 0.2) is 0 Å². The fourth-order valence-electron chi connectivity index (χ4n) is 3.62. The minimum Gasteiger partial charge on any atom is -0.0649 e. The fraction of sp³-hybridized carbons (Fsp3) is 0.565. The van der Waals surface area contributed by atoms with Crippen LogP contribution in [0.1, 0.15) is 77.5 Å². The van der Waals surface area contributed by atoms with Crippen LogP contribution in [0.25, 0.3) is 10.8 Å². The molecule has 0 aliphatic carbocycles. The number of hydrogen-bond acceptors (Lipinski definition) is 0. The number of rotatable bonds is 5. The van der Waals surface area contributed by atoms with Gasteiger partial charge in [-0.1, -0.05) is 84.7 Å². The van der Waals surface area contributed by atoms with Crippen LogP contribution >= 0.6 is 0 Å². The molecule has 0 unspecified atom stereocenters. The van der Waals surface area contributed by atoms with Crippen molar-refractivity contribution in [1.82, 2.24) is 0 Å². The van der Waals surface area contributed by atoms with Crippen LogP contribution in [0.15, 0.2) is 30.3 Å². The molecule has 0 bridgehead atoms. The molecule has 2 aromatic carbocycles. The van der Waals surface area contributed by atoms with E-state index >= 15 is 0 Å². The average Bonchev–Trinajstić information content (AvgIpc) is 2.53. The van der Waals surface area contributed by atoms with Crippen molar-refractivity contribution in [2.24, 2.45) is 5.41 Å². The molecule has 23 heavy (non-hydrogen) atoms. The predicted octanol–water partition coefficient (Wildman–Crippen LogP) is 7.20. The number of aryl methyl sites for hydroxylation is 2. The Morgan fingerprint density at radius 3 is 1.96 bits per heavy atom. The molecule has 0 N–H and O–H groups in total. The summed E-state index contributed by atoms with van der Waals surface area (Å²) in [4.78, 5) is 0. The van der Waals surface area contributed by atoms with Crippen LogP contribution in [0.5, 0.6) is 0 Å². The summed E-state index contributed by atoms with van der Waals surface area (Å²) >= 11 is 0. The average molecular weight is 311 g/mol. The van der Waals surface area contributed by atoms with Gasteiger partial charge >= 0.3 is 0 Å². The van der Waals surface area contributed by atoms with Crippen molar-refractivity contribution in [2.75, 3.05) is 0 Å². The molecule has 0 saturated heterocycles. The van der Waals surface area contributed by atoms with E-state index in [1.54, 1.807) is 0 Å². The van der Waals surface area contributed by atoms with Crippen molar-refractivity contribution >= 4 is 10.8 Å². The van der Waals surface area contributed by atoms with Gasteiger partial charge in [0.05, 0.1) is 0 Å². The summed E-state index contributed by atoms with van der Waals surface area (Å²) in [5, 5.41) is 2.89. The minimum absolute atomic E-state index is 0.196. The Kier molecular flexibility index (Phi) is 5.23. The lowest BCUT2D eigenvalue weighted by Gasteiger charge is -2.28. The van der Waals surface area contributed by atoms with Crippen LogP contribution in [-0.4, -0.2) is 0 Å². The van der Waals surface area contributed by atoms with E-state index in [4.69, 9.17) is 0 Å². The fourth-order valence-corrected chi connectivity index (χ4v) is 3.62. The molecule has 0 aliphatic heterocycles. The molecular weight excluding hydrogens is 276 g/mol. The molecule has 0 amide bonds. The molecule has 0 atom stereocenters. The van der Waals surface area contributed by atoms with Gasteiger partial charge in [-0.05, 0) is 58.1 Å². The van der Waals surface area contributed by atoms with Crippen LogP contribution in [0, 0.1) is 12.3 Å². The number of hydrogen-bond donors (Lipinski definition) is 0. The smallest absolute Gasteiger partial charge is 0.0129 e. The highest BCUT2D eigenvalue weighted by molar-refractivity contribution is 5.90. The Morgan fingerprint density at radius 2 is 1.43 bits per heavy atom. The van der Waals surface area contributed by atoms with Crippen molar-refractivity contribution in [3.63, 3.8) is 0 Å². The normalized spacial score (nSPS) is 12.8. The third-order valence-corrected chi connectivity index (χ3v) is 5.91. The van der Waals surface area contributed by atoms with Gasteiger partial charge in [-0.25, -0.2) is 0 Å². The highest BCUT2D eigenvalue weighted by Crippen LogP contribution is 2.36. The summed E-state index contributed by atoms with van der Waals surface area (Å²) in [6, 6.07) is 11.4. The lowest BCUT2D eigenvalue weighted by molar-refractivity contribution is 0.273. The first-order chi connectivity index (χ1) is 10.7. The highest BCUT2D eigenvalue weighted by Gasteiger charge is 2.22. The second-order valence-electron chi connectivity index (χ2n) is 8.52. The van der Waals surface area contributed by atoms with E-state index in [0.29, 0.717) is 5.41 Å².